The van der Waals surface area contributed by atoms with E-state index in [-0.39, 0.29) is 5.56 Å². The predicted molar refractivity (Wildman–Crippen MR) is 60.5 cm³/mol. The van der Waals surface area contributed by atoms with Crippen molar-refractivity contribution >= 4 is 0 Å². The molecule has 0 radical (unpaired) electrons. The maximum Gasteiger partial charge on any atom is 0.416 e. The van der Waals surface area contributed by atoms with E-state index in [9.17, 15) is 13.2 Å². The minimum Gasteiger partial charge on any atom is -0.298 e. The van der Waals surface area contributed by atoms with Crippen LogP contribution in [0.15, 0.2) is 24.3 Å². The van der Waals surface area contributed by atoms with Gasteiger partial charge >= 0.3 is 6.18 Å². The summed E-state index contributed by atoms with van der Waals surface area (Å²) < 4.78 is 38.5. The summed E-state index contributed by atoms with van der Waals surface area (Å²) in [6.07, 6.45) is -2.24. The molecule has 0 bridgehead atoms. The molecule has 2 rings (SSSR count). The van der Waals surface area contributed by atoms with E-state index in [2.05, 4.69) is 5.32 Å². The molecule has 18 heavy (non-hydrogen) atoms. The summed E-state index contributed by atoms with van der Waals surface area (Å²) >= 11 is 0. The fourth-order valence-electron chi connectivity index (χ4n) is 1.84. The summed E-state index contributed by atoms with van der Waals surface area (Å²) in [6.45, 7) is 0.602. The van der Waals surface area contributed by atoms with E-state index in [1.54, 1.807) is 0 Å². The molecule has 0 spiro atoms. The molecular weight excluding hydrogens is 241 g/mol. The molecule has 0 saturated heterocycles. The first-order chi connectivity index (χ1) is 8.52. The normalized spacial score (nSPS) is 17.2. The van der Waals surface area contributed by atoms with Crippen LogP contribution in [-0.2, 0) is 6.18 Å². The van der Waals surface area contributed by atoms with Gasteiger partial charge in [-0.3, -0.25) is 5.32 Å². The van der Waals surface area contributed by atoms with Crippen molar-refractivity contribution in [2.75, 3.05) is 6.54 Å². The van der Waals surface area contributed by atoms with Crippen LogP contribution in [0.1, 0.15) is 30.0 Å². The van der Waals surface area contributed by atoms with Crippen molar-refractivity contribution in [3.63, 3.8) is 0 Å². The van der Waals surface area contributed by atoms with E-state index >= 15 is 0 Å². The fourth-order valence-corrected chi connectivity index (χ4v) is 1.84. The number of rotatable bonds is 4. The molecule has 1 N–H and O–H groups in total. The number of hydrogen-bond donors (Lipinski definition) is 1. The second kappa shape index (κ2) is 4.99. The molecule has 1 aromatic carbocycles. The summed E-state index contributed by atoms with van der Waals surface area (Å²) in [7, 11) is 0. The zero-order chi connectivity index (χ0) is 13.2. The highest BCUT2D eigenvalue weighted by Crippen LogP contribution is 2.35. The number of alkyl halides is 3. The van der Waals surface area contributed by atoms with Crippen LogP contribution in [0.4, 0.5) is 13.2 Å². The molecule has 1 aliphatic rings. The highest BCUT2D eigenvalue weighted by atomic mass is 19.4. The molecule has 1 unspecified atom stereocenters. The lowest BCUT2D eigenvalue weighted by Gasteiger charge is -2.17. The van der Waals surface area contributed by atoms with Gasteiger partial charge in [-0.05, 0) is 36.9 Å². The van der Waals surface area contributed by atoms with Gasteiger partial charge in [0.15, 0.2) is 0 Å². The monoisotopic (exact) mass is 254 g/mol. The molecule has 0 amide bonds. The van der Waals surface area contributed by atoms with Crippen molar-refractivity contribution in [1.82, 2.24) is 5.32 Å². The molecule has 0 aliphatic heterocycles. The smallest absolute Gasteiger partial charge is 0.298 e. The molecule has 1 aliphatic carbocycles. The van der Waals surface area contributed by atoms with Gasteiger partial charge in [0.1, 0.15) is 6.04 Å². The number of nitrogens with zero attached hydrogens (tertiary/aromatic N) is 1. The van der Waals surface area contributed by atoms with Crippen LogP contribution in [0.3, 0.4) is 0 Å². The molecule has 1 fully saturated rings. The molecule has 5 heteroatoms. The summed E-state index contributed by atoms with van der Waals surface area (Å²) in [5, 5.41) is 11.9. The molecule has 1 atom stereocenters. The molecule has 0 heterocycles. The van der Waals surface area contributed by atoms with Crippen molar-refractivity contribution in [3.05, 3.63) is 35.4 Å². The van der Waals surface area contributed by atoms with Crippen molar-refractivity contribution in [3.8, 4) is 6.07 Å². The lowest BCUT2D eigenvalue weighted by atomic mass is 10.0. The van der Waals surface area contributed by atoms with Gasteiger partial charge in [0.2, 0.25) is 0 Å². The third kappa shape index (κ3) is 3.02. The molecule has 0 aromatic heterocycles. The lowest BCUT2D eigenvalue weighted by Crippen LogP contribution is -2.25. The minimum absolute atomic E-state index is 0.00755. The van der Waals surface area contributed by atoms with Crippen molar-refractivity contribution in [2.45, 2.75) is 25.1 Å². The van der Waals surface area contributed by atoms with E-state index < -0.39 is 17.8 Å². The zero-order valence-corrected chi connectivity index (χ0v) is 9.67. The largest absolute Gasteiger partial charge is 0.416 e. The van der Waals surface area contributed by atoms with Gasteiger partial charge < -0.3 is 0 Å². The standard InChI is InChI=1S/C13H13F3N2/c14-13(15,16)11-4-2-1-3-10(11)12(7-17)18-8-9-5-6-9/h1-4,9,12,18H,5-6,8H2. The Morgan fingerprint density at radius 2 is 2.00 bits per heavy atom. The van der Waals surface area contributed by atoms with Gasteiger partial charge in [-0.1, -0.05) is 18.2 Å². The minimum atomic E-state index is -4.42. The van der Waals surface area contributed by atoms with E-state index in [0.29, 0.717) is 12.5 Å². The molecule has 2 nitrogen and oxygen atoms in total. The van der Waals surface area contributed by atoms with E-state index in [0.717, 1.165) is 18.9 Å². The van der Waals surface area contributed by atoms with Crippen LogP contribution < -0.4 is 5.32 Å². The Morgan fingerprint density at radius 1 is 1.33 bits per heavy atom. The number of nitrogens with one attached hydrogen (secondary N) is 1. The number of benzene rings is 1. The first-order valence-corrected chi connectivity index (χ1v) is 5.81. The van der Waals surface area contributed by atoms with Gasteiger partial charge in [-0.25, -0.2) is 0 Å². The fraction of sp³-hybridized carbons (Fsp3) is 0.462. The number of hydrogen-bond acceptors (Lipinski definition) is 2. The topological polar surface area (TPSA) is 35.8 Å². The van der Waals surface area contributed by atoms with E-state index in [1.165, 1.54) is 18.2 Å². The van der Waals surface area contributed by atoms with Crippen molar-refractivity contribution in [1.29, 1.82) is 5.26 Å². The Kier molecular flexibility index (Phi) is 3.58. The average molecular weight is 254 g/mol. The molecule has 96 valence electrons. The van der Waals surface area contributed by atoms with Crippen molar-refractivity contribution < 1.29 is 13.2 Å². The van der Waals surface area contributed by atoms with Crippen LogP contribution in [0.2, 0.25) is 0 Å². The van der Waals surface area contributed by atoms with Crippen molar-refractivity contribution in [2.24, 2.45) is 5.92 Å². The highest BCUT2D eigenvalue weighted by Gasteiger charge is 2.35. The van der Waals surface area contributed by atoms with Crippen LogP contribution in [0.25, 0.3) is 0 Å². The maximum atomic E-state index is 12.8. The van der Waals surface area contributed by atoms with E-state index in [1.807, 2.05) is 6.07 Å². The van der Waals surface area contributed by atoms with Crippen LogP contribution in [0, 0.1) is 17.2 Å². The van der Waals surface area contributed by atoms with Crippen LogP contribution >= 0.6 is 0 Å². The Labute approximate surface area is 103 Å². The first-order valence-electron chi connectivity index (χ1n) is 5.81. The van der Waals surface area contributed by atoms with Crippen LogP contribution in [0.5, 0.6) is 0 Å². The van der Waals surface area contributed by atoms with Crippen LogP contribution in [-0.4, -0.2) is 6.54 Å². The second-order valence-corrected chi connectivity index (χ2v) is 4.50. The molecule has 1 aromatic rings. The Morgan fingerprint density at radius 3 is 2.56 bits per heavy atom. The predicted octanol–water partition coefficient (Wildman–Crippen LogP) is 3.27. The van der Waals surface area contributed by atoms with Gasteiger partial charge in [-0.2, -0.15) is 18.4 Å². The SMILES string of the molecule is N#CC(NCC1CC1)c1ccccc1C(F)(F)F. The third-order valence-corrected chi connectivity index (χ3v) is 3.01. The number of nitriles is 1. The number of halogens is 3. The highest BCUT2D eigenvalue weighted by molar-refractivity contribution is 5.35. The lowest BCUT2D eigenvalue weighted by molar-refractivity contribution is -0.138. The summed E-state index contributed by atoms with van der Waals surface area (Å²) in [5.74, 6) is 0.513. The Hall–Kier alpha value is -1.54. The third-order valence-electron chi connectivity index (χ3n) is 3.01. The maximum absolute atomic E-state index is 12.8. The average Bonchev–Trinajstić information content (AvgIpc) is 3.13. The zero-order valence-electron chi connectivity index (χ0n) is 9.67. The quantitative estimate of drug-likeness (QED) is 0.895. The summed E-state index contributed by atoms with van der Waals surface area (Å²) in [5.41, 5.74) is -0.729. The first kappa shape index (κ1) is 12.9. The van der Waals surface area contributed by atoms with Gasteiger partial charge in [-0.15, -0.1) is 0 Å². The van der Waals surface area contributed by atoms with E-state index in [4.69, 9.17) is 5.26 Å². The molecular formula is C13H13F3N2. The molecule has 1 saturated carbocycles. The van der Waals surface area contributed by atoms with Gasteiger partial charge in [0.25, 0.3) is 0 Å². The summed E-state index contributed by atoms with van der Waals surface area (Å²) in [6, 6.07) is 6.23. The Balaban J connectivity index is 2.21. The van der Waals surface area contributed by atoms with Gasteiger partial charge in [0.05, 0.1) is 11.6 Å². The summed E-state index contributed by atoms with van der Waals surface area (Å²) in [4.78, 5) is 0. The Bertz CT molecular complexity index is 458. The van der Waals surface area contributed by atoms with Gasteiger partial charge in [0, 0.05) is 0 Å². The second-order valence-electron chi connectivity index (χ2n) is 4.50.